The maximum atomic E-state index is 9.43. The molecular formula is C92H52N8O4. The standard InChI is InChI=1S/2C46H26N4O2/c47-27-28-20-22-30(23-21-28)45-48-44(29-10-2-1-3-11-29)49-46(50-45)33-25-31(34-14-8-16-38-36-12-4-6-18-40(36)51-42(34)38)24-32(26-33)35-15-9-17-39-37-13-5-7-19-41(37)52-43(35)39;47-27-28-14-16-30(17-15-28)45-48-44(29-8-2-1-3-9-29)49-46(50-45)35-23-33(31-18-20-42-38(25-31)36-10-4-6-12-40(36)51-42)22-34(24-35)32-19-21-43-39(26-32)37-11-5-7-13-41(37)52-43/h2*1-26H. The molecule has 0 aliphatic heterocycles. The van der Waals surface area contributed by atoms with Gasteiger partial charge in [0.15, 0.2) is 34.9 Å². The number of nitrogens with zero attached hydrogens (tertiary/aromatic N) is 8. The number of para-hydroxylation sites is 6. The van der Waals surface area contributed by atoms with E-state index in [9.17, 15) is 10.5 Å². The molecule has 104 heavy (non-hydrogen) atoms. The highest BCUT2D eigenvalue weighted by Crippen LogP contribution is 2.44. The first-order chi connectivity index (χ1) is 51.4. The zero-order chi connectivity index (χ0) is 69.2. The predicted molar refractivity (Wildman–Crippen MR) is 413 cm³/mol. The van der Waals surface area contributed by atoms with Gasteiger partial charge in [0, 0.05) is 87.6 Å². The molecule has 14 aromatic carbocycles. The third kappa shape index (κ3) is 11.0. The van der Waals surface area contributed by atoms with Crippen molar-refractivity contribution in [3.8, 4) is 125 Å². The third-order valence-corrected chi connectivity index (χ3v) is 19.1. The zero-order valence-electron chi connectivity index (χ0n) is 55.2. The lowest BCUT2D eigenvalue weighted by Gasteiger charge is -2.13. The molecule has 0 radical (unpaired) electrons. The molecule has 12 heteroatoms. The van der Waals surface area contributed by atoms with Crippen LogP contribution in [0.4, 0.5) is 0 Å². The van der Waals surface area contributed by atoms with Gasteiger partial charge in [-0.15, -0.1) is 0 Å². The average Bonchev–Trinajstić information content (AvgIpc) is 1.43. The lowest BCUT2D eigenvalue weighted by molar-refractivity contribution is 0.668. The molecule has 0 saturated carbocycles. The fraction of sp³-hybridized carbons (Fsp3) is 0. The molecule has 0 bridgehead atoms. The summed E-state index contributed by atoms with van der Waals surface area (Å²) in [7, 11) is 0. The van der Waals surface area contributed by atoms with Crippen LogP contribution >= 0.6 is 0 Å². The molecule has 0 aliphatic rings. The van der Waals surface area contributed by atoms with Crippen LogP contribution in [0.3, 0.4) is 0 Å². The topological polar surface area (TPSA) is 177 Å². The summed E-state index contributed by atoms with van der Waals surface area (Å²) in [6.07, 6.45) is 0. The summed E-state index contributed by atoms with van der Waals surface area (Å²) in [6.45, 7) is 0. The van der Waals surface area contributed by atoms with E-state index in [2.05, 4.69) is 133 Å². The molecule has 0 unspecified atom stereocenters. The third-order valence-electron chi connectivity index (χ3n) is 19.1. The summed E-state index contributed by atoms with van der Waals surface area (Å²) >= 11 is 0. The van der Waals surface area contributed by atoms with E-state index >= 15 is 0 Å². The second kappa shape index (κ2) is 25.2. The van der Waals surface area contributed by atoms with Gasteiger partial charge in [-0.1, -0.05) is 182 Å². The molecule has 0 atom stereocenters. The Morgan fingerprint density at radius 2 is 0.471 bits per heavy atom. The van der Waals surface area contributed by atoms with Crippen LogP contribution in [-0.4, -0.2) is 29.9 Å². The molecule has 0 N–H and O–H groups in total. The summed E-state index contributed by atoms with van der Waals surface area (Å²) in [4.78, 5) is 30.1. The lowest BCUT2D eigenvalue weighted by Crippen LogP contribution is -2.00. The van der Waals surface area contributed by atoms with Crippen LogP contribution in [0.5, 0.6) is 0 Å². The number of hydrogen-bond acceptors (Lipinski definition) is 12. The molecule has 0 fully saturated rings. The van der Waals surface area contributed by atoms with Crippen molar-refractivity contribution < 1.29 is 17.7 Å². The lowest BCUT2D eigenvalue weighted by atomic mass is 9.94. The minimum atomic E-state index is 0.513. The van der Waals surface area contributed by atoms with Crippen molar-refractivity contribution in [2.24, 2.45) is 0 Å². The van der Waals surface area contributed by atoms with Crippen molar-refractivity contribution in [3.05, 3.63) is 327 Å². The quantitative estimate of drug-likeness (QED) is 0.127. The Morgan fingerprint density at radius 1 is 0.192 bits per heavy atom. The second-order valence-corrected chi connectivity index (χ2v) is 25.5. The fourth-order valence-electron chi connectivity index (χ4n) is 14.0. The van der Waals surface area contributed by atoms with Crippen LogP contribution < -0.4 is 0 Å². The molecule has 484 valence electrons. The summed E-state index contributed by atoms with van der Waals surface area (Å²) < 4.78 is 25.4. The minimum absolute atomic E-state index is 0.513. The molecule has 0 amide bonds. The largest absolute Gasteiger partial charge is 0.456 e. The number of rotatable bonds is 10. The first-order valence-electron chi connectivity index (χ1n) is 34.0. The molecule has 6 heterocycles. The van der Waals surface area contributed by atoms with E-state index in [0.717, 1.165) is 166 Å². The first-order valence-corrected chi connectivity index (χ1v) is 34.0. The second-order valence-electron chi connectivity index (χ2n) is 25.5. The Bertz CT molecular complexity index is 6620. The number of aromatic nitrogens is 6. The van der Waals surface area contributed by atoms with Gasteiger partial charge in [-0.25, -0.2) is 29.9 Å². The Hall–Kier alpha value is -14.7. The molecule has 6 aromatic heterocycles. The van der Waals surface area contributed by atoms with Gasteiger partial charge in [-0.05, 0) is 167 Å². The normalized spacial score (nSPS) is 11.4. The van der Waals surface area contributed by atoms with E-state index in [-0.39, 0.29) is 0 Å². The monoisotopic (exact) mass is 1330 g/mol. The summed E-state index contributed by atoms with van der Waals surface area (Å²) in [6, 6.07) is 110. The Labute approximate surface area is 594 Å². The van der Waals surface area contributed by atoms with Crippen LogP contribution in [-0.2, 0) is 0 Å². The van der Waals surface area contributed by atoms with Crippen molar-refractivity contribution in [2.75, 3.05) is 0 Å². The highest BCUT2D eigenvalue weighted by molar-refractivity contribution is 6.13. The van der Waals surface area contributed by atoms with Crippen molar-refractivity contribution in [1.29, 1.82) is 10.5 Å². The van der Waals surface area contributed by atoms with Gasteiger partial charge in [0.1, 0.15) is 44.7 Å². The average molecular weight is 1330 g/mol. The van der Waals surface area contributed by atoms with Gasteiger partial charge >= 0.3 is 0 Å². The zero-order valence-corrected chi connectivity index (χ0v) is 55.2. The maximum Gasteiger partial charge on any atom is 0.164 e. The molecule has 20 rings (SSSR count). The van der Waals surface area contributed by atoms with E-state index in [1.54, 1.807) is 24.3 Å². The number of furan rings is 4. The van der Waals surface area contributed by atoms with Gasteiger partial charge in [-0.3, -0.25) is 0 Å². The van der Waals surface area contributed by atoms with E-state index < -0.39 is 0 Å². The van der Waals surface area contributed by atoms with Gasteiger partial charge in [0.05, 0.1) is 23.3 Å². The van der Waals surface area contributed by atoms with E-state index in [0.29, 0.717) is 46.1 Å². The van der Waals surface area contributed by atoms with Gasteiger partial charge in [-0.2, -0.15) is 10.5 Å². The van der Waals surface area contributed by atoms with E-state index in [1.165, 1.54) is 0 Å². The smallest absolute Gasteiger partial charge is 0.164 e. The van der Waals surface area contributed by atoms with Crippen LogP contribution in [0.25, 0.3) is 201 Å². The maximum absolute atomic E-state index is 9.43. The number of hydrogen-bond donors (Lipinski definition) is 0. The highest BCUT2D eigenvalue weighted by Gasteiger charge is 2.22. The van der Waals surface area contributed by atoms with Crippen LogP contribution in [0.2, 0.25) is 0 Å². The number of benzene rings is 14. The Balaban J connectivity index is 0.000000143. The first kappa shape index (κ1) is 60.5. The van der Waals surface area contributed by atoms with Crippen LogP contribution in [0.1, 0.15) is 11.1 Å². The number of fused-ring (bicyclic) bond motifs is 12. The summed E-state index contributed by atoms with van der Waals surface area (Å²) in [5.74, 6) is 3.22. The van der Waals surface area contributed by atoms with Crippen molar-refractivity contribution in [1.82, 2.24) is 29.9 Å². The molecule has 20 aromatic rings. The highest BCUT2D eigenvalue weighted by atomic mass is 16.3. The molecule has 12 nitrogen and oxygen atoms in total. The van der Waals surface area contributed by atoms with Gasteiger partial charge < -0.3 is 17.7 Å². The predicted octanol–water partition coefficient (Wildman–Crippen LogP) is 23.8. The molecule has 0 saturated heterocycles. The Morgan fingerprint density at radius 3 is 0.856 bits per heavy atom. The van der Waals surface area contributed by atoms with Crippen LogP contribution in [0.15, 0.2) is 333 Å². The SMILES string of the molecule is N#Cc1ccc(-c2nc(-c3ccccc3)nc(-c3cc(-c4ccc5oc6ccccc6c5c4)cc(-c4ccc5oc6ccccc6c5c4)c3)n2)cc1.N#Cc1ccc(-c2nc(-c3ccccc3)nc(-c3cc(-c4cccc5c4oc4ccccc45)cc(-c4cccc5c4oc4ccccc45)c3)n2)cc1. The van der Waals surface area contributed by atoms with E-state index in [4.69, 9.17) is 47.6 Å². The van der Waals surface area contributed by atoms with Gasteiger partial charge in [0.2, 0.25) is 0 Å². The van der Waals surface area contributed by atoms with Gasteiger partial charge in [0.25, 0.3) is 0 Å². The van der Waals surface area contributed by atoms with Crippen molar-refractivity contribution >= 4 is 87.8 Å². The minimum Gasteiger partial charge on any atom is -0.456 e. The molecule has 0 spiro atoms. The summed E-state index contributed by atoms with van der Waals surface area (Å²) in [5, 5.41) is 27.4. The van der Waals surface area contributed by atoms with Crippen molar-refractivity contribution in [2.45, 2.75) is 0 Å². The number of nitriles is 2. The fourth-order valence-corrected chi connectivity index (χ4v) is 14.0. The molecule has 0 aliphatic carbocycles. The Kier molecular flexibility index (Phi) is 14.7. The molecular weight excluding hydrogens is 1280 g/mol. The van der Waals surface area contributed by atoms with E-state index in [1.807, 2.05) is 170 Å². The van der Waals surface area contributed by atoms with Crippen molar-refractivity contribution in [3.63, 3.8) is 0 Å². The van der Waals surface area contributed by atoms with Crippen LogP contribution in [0, 0.1) is 22.7 Å². The summed E-state index contributed by atoms with van der Waals surface area (Å²) in [5.41, 5.74) is 20.8.